The van der Waals surface area contributed by atoms with Crippen LogP contribution in [0.5, 0.6) is 0 Å². The van der Waals surface area contributed by atoms with E-state index in [1.807, 2.05) is 0 Å². The molecule has 1 heteroatoms. The number of rotatable bonds is 8. The molecule has 1 heterocycles. The molecule has 0 spiro atoms. The summed E-state index contributed by atoms with van der Waals surface area (Å²) < 4.78 is 0. The van der Waals surface area contributed by atoms with Crippen LogP contribution in [0.1, 0.15) is 87.2 Å². The third-order valence-electron chi connectivity index (χ3n) is 8.58. The van der Waals surface area contributed by atoms with Crippen molar-refractivity contribution in [1.29, 1.82) is 0 Å². The Hall–Kier alpha value is -2.93. The van der Waals surface area contributed by atoms with E-state index in [0.29, 0.717) is 5.92 Å². The van der Waals surface area contributed by atoms with Gasteiger partial charge in [-0.3, -0.25) is 0 Å². The Labute approximate surface area is 217 Å². The van der Waals surface area contributed by atoms with Crippen molar-refractivity contribution in [3.05, 3.63) is 99.2 Å². The van der Waals surface area contributed by atoms with Crippen LogP contribution in [0.4, 0.5) is 0 Å². The first-order valence-corrected chi connectivity index (χ1v) is 14.0. The van der Waals surface area contributed by atoms with Gasteiger partial charge in [0.15, 0.2) is 0 Å². The minimum absolute atomic E-state index is 0.289. The van der Waals surface area contributed by atoms with Crippen LogP contribution in [0, 0.1) is 11.8 Å². The second-order valence-electron chi connectivity index (χ2n) is 11.6. The summed E-state index contributed by atoms with van der Waals surface area (Å²) in [7, 11) is 0. The Morgan fingerprint density at radius 2 is 1.72 bits per heavy atom. The van der Waals surface area contributed by atoms with Crippen molar-refractivity contribution in [2.45, 2.75) is 77.6 Å². The molecule has 0 bridgehead atoms. The van der Waals surface area contributed by atoms with Crippen molar-refractivity contribution in [2.24, 2.45) is 11.8 Å². The Balaban J connectivity index is 1.23. The fourth-order valence-electron chi connectivity index (χ4n) is 5.90. The van der Waals surface area contributed by atoms with Crippen molar-refractivity contribution >= 4 is 24.3 Å². The molecular formula is C35H41N. The van der Waals surface area contributed by atoms with Gasteiger partial charge in [0.1, 0.15) is 0 Å². The lowest BCUT2D eigenvalue weighted by molar-refractivity contribution is 0.193. The molecule has 36 heavy (non-hydrogen) atoms. The lowest BCUT2D eigenvalue weighted by atomic mass is 9.63. The van der Waals surface area contributed by atoms with Crippen molar-refractivity contribution in [3.63, 3.8) is 0 Å². The number of benzene rings is 2. The van der Waals surface area contributed by atoms with E-state index in [4.69, 9.17) is 4.98 Å². The largest absolute Gasteiger partial charge is 0.249 e. The minimum Gasteiger partial charge on any atom is -0.249 e. The number of nitrogens with zero attached hydrogens (tertiary/aromatic N) is 1. The fourth-order valence-corrected chi connectivity index (χ4v) is 5.90. The Kier molecular flexibility index (Phi) is 7.56. The lowest BCUT2D eigenvalue weighted by Gasteiger charge is -2.42. The van der Waals surface area contributed by atoms with Gasteiger partial charge >= 0.3 is 0 Å². The molecule has 1 saturated carbocycles. The van der Waals surface area contributed by atoms with Crippen LogP contribution in [0.2, 0.25) is 0 Å². The van der Waals surface area contributed by atoms with E-state index in [1.165, 1.54) is 42.0 Å². The van der Waals surface area contributed by atoms with Crippen LogP contribution in [0.25, 0.3) is 24.3 Å². The molecule has 0 radical (unpaired) electrons. The number of pyridine rings is 1. The first-order chi connectivity index (χ1) is 17.5. The molecule has 0 amide bonds. The van der Waals surface area contributed by atoms with Gasteiger partial charge < -0.3 is 0 Å². The summed E-state index contributed by atoms with van der Waals surface area (Å²) in [5.41, 5.74) is 7.10. The van der Waals surface area contributed by atoms with Crippen LogP contribution in [0.15, 0.2) is 60.7 Å². The average molecular weight is 476 g/mol. The smallest absolute Gasteiger partial charge is 0.0666 e. The number of aryl methyl sites for hydroxylation is 2. The zero-order chi connectivity index (χ0) is 25.0. The lowest BCUT2D eigenvalue weighted by Crippen LogP contribution is -2.34. The Bertz CT molecular complexity index is 1340. The third-order valence-corrected chi connectivity index (χ3v) is 8.58. The number of fused-ring (bicyclic) bond motifs is 1. The van der Waals surface area contributed by atoms with Gasteiger partial charge in [0.25, 0.3) is 0 Å². The van der Waals surface area contributed by atoms with E-state index < -0.39 is 0 Å². The number of aromatic nitrogens is 1. The minimum atomic E-state index is 0.289. The summed E-state index contributed by atoms with van der Waals surface area (Å²) in [6, 6.07) is 22.5. The van der Waals surface area contributed by atoms with Gasteiger partial charge in [0, 0.05) is 0 Å². The second-order valence-corrected chi connectivity index (χ2v) is 11.6. The van der Waals surface area contributed by atoms with E-state index in [0.717, 1.165) is 42.6 Å². The second kappa shape index (κ2) is 11.0. The van der Waals surface area contributed by atoms with E-state index in [1.54, 1.807) is 11.1 Å². The summed E-state index contributed by atoms with van der Waals surface area (Å²) in [4.78, 5) is 4.91. The van der Waals surface area contributed by atoms with Crippen molar-refractivity contribution in [3.8, 4) is 0 Å². The van der Waals surface area contributed by atoms with Crippen LogP contribution < -0.4 is 10.6 Å². The van der Waals surface area contributed by atoms with E-state index in [2.05, 4.69) is 106 Å². The van der Waals surface area contributed by atoms with Gasteiger partial charge in [-0.1, -0.05) is 100 Å². The van der Waals surface area contributed by atoms with Gasteiger partial charge in [-0.05, 0) is 102 Å². The fraction of sp³-hybridized carbons (Fsp3) is 0.400. The molecule has 1 fully saturated rings. The normalized spacial score (nSPS) is 18.1. The molecule has 1 atom stereocenters. The molecule has 0 aliphatic heterocycles. The highest BCUT2D eigenvalue weighted by molar-refractivity contribution is 5.68. The predicted octanol–water partition coefficient (Wildman–Crippen LogP) is 7.50. The molecule has 1 unspecified atom stereocenters. The summed E-state index contributed by atoms with van der Waals surface area (Å²) >= 11 is 0. The highest BCUT2D eigenvalue weighted by Gasteiger charge is 2.36. The first-order valence-electron chi connectivity index (χ1n) is 14.0. The van der Waals surface area contributed by atoms with E-state index in [-0.39, 0.29) is 5.41 Å². The summed E-state index contributed by atoms with van der Waals surface area (Å²) in [6.45, 7) is 7.23. The van der Waals surface area contributed by atoms with Crippen LogP contribution in [-0.2, 0) is 18.3 Å². The monoisotopic (exact) mass is 475 g/mol. The maximum atomic E-state index is 4.91. The predicted molar refractivity (Wildman–Crippen MR) is 155 cm³/mol. The summed E-state index contributed by atoms with van der Waals surface area (Å²) in [6.07, 6.45) is 18.9. The van der Waals surface area contributed by atoms with Crippen molar-refractivity contribution in [2.75, 3.05) is 0 Å². The molecule has 0 saturated heterocycles. The van der Waals surface area contributed by atoms with Gasteiger partial charge in [-0.25, -0.2) is 4.98 Å². The molecule has 1 nitrogen and oxygen atoms in total. The van der Waals surface area contributed by atoms with Gasteiger partial charge in [-0.15, -0.1) is 0 Å². The molecule has 3 aromatic rings. The Morgan fingerprint density at radius 1 is 0.889 bits per heavy atom. The highest BCUT2D eigenvalue weighted by atomic mass is 14.7. The third kappa shape index (κ3) is 5.72. The SMILES string of the molecule is CC1CC=c2ccc(/C=C/c3cccc(CCCc4ccccc4C(C)(C)C4CCC4)c3)nc2=CC1. The molecule has 2 aliphatic rings. The topological polar surface area (TPSA) is 12.9 Å². The highest BCUT2D eigenvalue weighted by Crippen LogP contribution is 2.44. The zero-order valence-electron chi connectivity index (χ0n) is 22.3. The quantitative estimate of drug-likeness (QED) is 0.329. The maximum Gasteiger partial charge on any atom is 0.0666 e. The van der Waals surface area contributed by atoms with E-state index in [9.17, 15) is 0 Å². The first kappa shape index (κ1) is 24.8. The van der Waals surface area contributed by atoms with Crippen LogP contribution >= 0.6 is 0 Å². The number of hydrogen-bond donors (Lipinski definition) is 0. The van der Waals surface area contributed by atoms with Crippen molar-refractivity contribution in [1.82, 2.24) is 4.98 Å². The summed E-state index contributed by atoms with van der Waals surface area (Å²) in [5, 5.41) is 2.41. The molecular weight excluding hydrogens is 434 g/mol. The van der Waals surface area contributed by atoms with Gasteiger partial charge in [0.2, 0.25) is 0 Å². The molecule has 5 rings (SSSR count). The molecule has 2 aromatic carbocycles. The average Bonchev–Trinajstić information content (AvgIpc) is 3.03. The molecule has 1 aromatic heterocycles. The van der Waals surface area contributed by atoms with Crippen molar-refractivity contribution < 1.29 is 0 Å². The molecule has 2 aliphatic carbocycles. The maximum absolute atomic E-state index is 4.91. The van der Waals surface area contributed by atoms with Gasteiger partial charge in [-0.2, -0.15) is 0 Å². The molecule has 0 N–H and O–H groups in total. The van der Waals surface area contributed by atoms with E-state index >= 15 is 0 Å². The summed E-state index contributed by atoms with van der Waals surface area (Å²) in [5.74, 6) is 1.54. The standard InChI is InChI=1S/C35H41N/c1-26-17-20-30-21-23-32(36-34(30)24-18-26)22-19-28-10-6-9-27(25-28)11-7-13-29-12-4-5-16-33(29)35(2,3)31-14-8-15-31/h4-6,9-10,12,16,19-26,31H,7-8,11,13-15,17-18H2,1-3H3/b22-19+. The Morgan fingerprint density at radius 3 is 2.56 bits per heavy atom. The van der Waals surface area contributed by atoms with Gasteiger partial charge in [0.05, 0.1) is 11.0 Å². The van der Waals surface area contributed by atoms with Crippen LogP contribution in [0.3, 0.4) is 0 Å². The zero-order valence-corrected chi connectivity index (χ0v) is 22.3. The number of hydrogen-bond acceptors (Lipinski definition) is 1. The van der Waals surface area contributed by atoms with Crippen LogP contribution in [-0.4, -0.2) is 4.98 Å². The molecule has 186 valence electrons.